The fraction of sp³-hybridized carbons (Fsp3) is 0.0455. The summed E-state index contributed by atoms with van der Waals surface area (Å²) in [6.45, 7) is 1.52. The number of thiocarbonyl (C=S) groups is 1. The summed E-state index contributed by atoms with van der Waals surface area (Å²) in [5, 5.41) is 0. The lowest BCUT2D eigenvalue weighted by molar-refractivity contribution is 0.593. The van der Waals surface area contributed by atoms with E-state index in [1.54, 1.807) is 6.07 Å². The SMILES string of the molecule is CC(=S)NS(=O)(=O)c1ccc2nc(-c3ccccc3)c(-c3ccccc3)nc2c1. The first-order valence-electron chi connectivity index (χ1n) is 8.90. The molecule has 0 aliphatic heterocycles. The van der Waals surface area contributed by atoms with E-state index in [0.717, 1.165) is 16.8 Å². The first-order chi connectivity index (χ1) is 13.9. The zero-order chi connectivity index (χ0) is 20.4. The molecule has 4 rings (SSSR count). The average Bonchev–Trinajstić information content (AvgIpc) is 2.73. The van der Waals surface area contributed by atoms with Gasteiger partial charge in [-0.3, -0.25) is 4.72 Å². The summed E-state index contributed by atoms with van der Waals surface area (Å²) in [7, 11) is -3.75. The minimum absolute atomic E-state index is 0.0926. The van der Waals surface area contributed by atoms with Gasteiger partial charge in [-0.2, -0.15) is 0 Å². The van der Waals surface area contributed by atoms with Crippen molar-refractivity contribution in [1.29, 1.82) is 0 Å². The molecule has 0 fully saturated rings. The summed E-state index contributed by atoms with van der Waals surface area (Å²) < 4.78 is 27.3. The molecule has 0 spiro atoms. The Hall–Kier alpha value is -3.16. The topological polar surface area (TPSA) is 72.0 Å². The van der Waals surface area contributed by atoms with Gasteiger partial charge in [-0.1, -0.05) is 72.9 Å². The van der Waals surface area contributed by atoms with E-state index in [9.17, 15) is 8.42 Å². The minimum Gasteiger partial charge on any atom is -0.274 e. The van der Waals surface area contributed by atoms with Crippen molar-refractivity contribution in [2.45, 2.75) is 11.8 Å². The molecule has 0 aliphatic carbocycles. The highest BCUT2D eigenvalue weighted by atomic mass is 32.2. The first kappa shape index (κ1) is 19.2. The summed E-state index contributed by atoms with van der Waals surface area (Å²) in [5.41, 5.74) is 4.39. The fourth-order valence-electron chi connectivity index (χ4n) is 3.04. The van der Waals surface area contributed by atoms with E-state index in [-0.39, 0.29) is 9.88 Å². The van der Waals surface area contributed by atoms with Crippen LogP contribution in [0.15, 0.2) is 83.8 Å². The summed E-state index contributed by atoms with van der Waals surface area (Å²) in [4.78, 5) is 9.86. The molecule has 0 atom stereocenters. The van der Waals surface area contributed by atoms with Crippen molar-refractivity contribution in [2.75, 3.05) is 0 Å². The molecule has 4 aromatic rings. The maximum absolute atomic E-state index is 12.5. The van der Waals surface area contributed by atoms with E-state index >= 15 is 0 Å². The molecule has 5 nitrogen and oxygen atoms in total. The lowest BCUT2D eigenvalue weighted by atomic mass is 10.0. The van der Waals surface area contributed by atoms with Gasteiger partial charge in [0.1, 0.15) is 0 Å². The van der Waals surface area contributed by atoms with Gasteiger partial charge >= 0.3 is 0 Å². The number of nitrogens with one attached hydrogen (secondary N) is 1. The molecule has 0 saturated heterocycles. The molecule has 7 heteroatoms. The van der Waals surface area contributed by atoms with Gasteiger partial charge in [0.05, 0.1) is 32.3 Å². The zero-order valence-corrected chi connectivity index (χ0v) is 17.2. The van der Waals surface area contributed by atoms with Crippen molar-refractivity contribution in [2.24, 2.45) is 0 Å². The second-order valence-corrected chi connectivity index (χ2v) is 8.76. The van der Waals surface area contributed by atoms with Crippen molar-refractivity contribution in [1.82, 2.24) is 14.7 Å². The number of hydrogen-bond donors (Lipinski definition) is 1. The standard InChI is InChI=1S/C22H17N3O2S2/c1-15(28)25-29(26,27)18-12-13-19-20(14-18)24-22(17-10-6-3-7-11-17)21(23-19)16-8-4-2-5-9-16/h2-14H,1H3,(H,25,28). The van der Waals surface area contributed by atoms with Crippen LogP contribution in [0.4, 0.5) is 0 Å². The van der Waals surface area contributed by atoms with Gasteiger partial charge in [-0.15, -0.1) is 0 Å². The van der Waals surface area contributed by atoms with E-state index in [1.807, 2.05) is 60.7 Å². The van der Waals surface area contributed by atoms with Gasteiger partial charge < -0.3 is 0 Å². The average molecular weight is 420 g/mol. The van der Waals surface area contributed by atoms with Gasteiger partial charge in [-0.25, -0.2) is 18.4 Å². The molecule has 0 bridgehead atoms. The number of aromatic nitrogens is 2. The van der Waals surface area contributed by atoms with Crippen LogP contribution in [0.3, 0.4) is 0 Å². The van der Waals surface area contributed by atoms with Gasteiger partial charge in [0.25, 0.3) is 10.0 Å². The maximum atomic E-state index is 12.5. The monoisotopic (exact) mass is 419 g/mol. The lowest BCUT2D eigenvalue weighted by Crippen LogP contribution is -2.26. The Balaban J connectivity index is 1.95. The molecule has 0 radical (unpaired) electrons. The predicted molar refractivity (Wildman–Crippen MR) is 119 cm³/mol. The molecular weight excluding hydrogens is 402 g/mol. The second-order valence-electron chi connectivity index (χ2n) is 6.47. The Bertz CT molecular complexity index is 1310. The highest BCUT2D eigenvalue weighted by molar-refractivity contribution is 7.91. The third-order valence-electron chi connectivity index (χ3n) is 4.32. The largest absolute Gasteiger partial charge is 0.274 e. The van der Waals surface area contributed by atoms with E-state index in [0.29, 0.717) is 16.7 Å². The van der Waals surface area contributed by atoms with Gasteiger partial charge in [0, 0.05) is 11.1 Å². The number of rotatable bonds is 4. The third kappa shape index (κ3) is 4.01. The van der Waals surface area contributed by atoms with Crippen LogP contribution in [0.25, 0.3) is 33.5 Å². The van der Waals surface area contributed by atoms with Crippen LogP contribution in [-0.4, -0.2) is 23.4 Å². The van der Waals surface area contributed by atoms with Crippen LogP contribution in [-0.2, 0) is 10.0 Å². The predicted octanol–water partition coefficient (Wildman–Crippen LogP) is 4.59. The van der Waals surface area contributed by atoms with Crippen LogP contribution in [0, 0.1) is 0 Å². The molecule has 0 aliphatic rings. The van der Waals surface area contributed by atoms with Crippen LogP contribution in [0.2, 0.25) is 0 Å². The molecule has 3 aromatic carbocycles. The quantitative estimate of drug-likeness (QED) is 0.490. The zero-order valence-electron chi connectivity index (χ0n) is 15.5. The van der Waals surface area contributed by atoms with Gasteiger partial charge in [-0.05, 0) is 25.1 Å². The van der Waals surface area contributed by atoms with Crippen LogP contribution >= 0.6 is 12.2 Å². The van der Waals surface area contributed by atoms with Crippen LogP contribution in [0.5, 0.6) is 0 Å². The van der Waals surface area contributed by atoms with Crippen molar-refractivity contribution in [3.05, 3.63) is 78.9 Å². The van der Waals surface area contributed by atoms with Crippen molar-refractivity contribution < 1.29 is 8.42 Å². The minimum atomic E-state index is -3.75. The Kier molecular flexibility index (Phi) is 5.08. The Morgan fingerprint density at radius 2 is 1.31 bits per heavy atom. The Labute approximate surface area is 174 Å². The summed E-state index contributed by atoms with van der Waals surface area (Å²) >= 11 is 4.88. The molecule has 29 heavy (non-hydrogen) atoms. The highest BCUT2D eigenvalue weighted by Crippen LogP contribution is 2.31. The molecule has 1 heterocycles. The van der Waals surface area contributed by atoms with Crippen LogP contribution < -0.4 is 4.72 Å². The first-order valence-corrected chi connectivity index (χ1v) is 10.8. The van der Waals surface area contributed by atoms with Gasteiger partial charge in [0.15, 0.2) is 0 Å². The molecule has 0 saturated carbocycles. The Morgan fingerprint density at radius 3 is 1.83 bits per heavy atom. The van der Waals surface area contributed by atoms with Gasteiger partial charge in [0.2, 0.25) is 0 Å². The molecule has 0 amide bonds. The molecular formula is C22H17N3O2S2. The van der Waals surface area contributed by atoms with E-state index < -0.39 is 10.0 Å². The van der Waals surface area contributed by atoms with Crippen molar-refractivity contribution in [3.8, 4) is 22.5 Å². The summed E-state index contributed by atoms with van der Waals surface area (Å²) in [5.74, 6) is 0. The van der Waals surface area contributed by atoms with E-state index in [4.69, 9.17) is 22.2 Å². The molecule has 1 N–H and O–H groups in total. The molecule has 1 aromatic heterocycles. The van der Waals surface area contributed by atoms with Crippen molar-refractivity contribution in [3.63, 3.8) is 0 Å². The van der Waals surface area contributed by atoms with Crippen molar-refractivity contribution >= 4 is 38.3 Å². The molecule has 144 valence electrons. The number of nitrogens with zero attached hydrogens (tertiary/aromatic N) is 2. The smallest absolute Gasteiger partial charge is 0.262 e. The Morgan fingerprint density at radius 1 is 0.793 bits per heavy atom. The number of sulfonamides is 1. The van der Waals surface area contributed by atoms with E-state index in [1.165, 1.54) is 19.1 Å². The number of fused-ring (bicyclic) bond motifs is 1. The normalized spacial score (nSPS) is 11.3. The maximum Gasteiger partial charge on any atom is 0.262 e. The highest BCUT2D eigenvalue weighted by Gasteiger charge is 2.18. The summed E-state index contributed by atoms with van der Waals surface area (Å²) in [6.07, 6.45) is 0. The molecule has 0 unspecified atom stereocenters. The van der Waals surface area contributed by atoms with E-state index in [2.05, 4.69) is 4.72 Å². The lowest BCUT2D eigenvalue weighted by Gasteiger charge is -2.12. The second kappa shape index (κ2) is 7.69. The summed E-state index contributed by atoms with van der Waals surface area (Å²) in [6, 6.07) is 24.2. The van der Waals surface area contributed by atoms with Crippen LogP contribution in [0.1, 0.15) is 6.92 Å². The number of hydrogen-bond acceptors (Lipinski definition) is 5. The fourth-order valence-corrected chi connectivity index (χ4v) is 4.38. The third-order valence-corrected chi connectivity index (χ3v) is 6.00. The number of benzene rings is 3.